The summed E-state index contributed by atoms with van der Waals surface area (Å²) >= 11 is 0. The van der Waals surface area contributed by atoms with Gasteiger partial charge < -0.3 is 10.6 Å². The molecule has 4 heteroatoms. The highest BCUT2D eigenvalue weighted by Gasteiger charge is 2.10. The first-order valence-electron chi connectivity index (χ1n) is 5.61. The smallest absolute Gasteiger partial charge is 0.254 e. The van der Waals surface area contributed by atoms with Crippen LogP contribution >= 0.6 is 0 Å². The average Bonchev–Trinajstić information content (AvgIpc) is 2.29. The van der Waals surface area contributed by atoms with Gasteiger partial charge in [0.05, 0.1) is 11.3 Å². The molecule has 0 aromatic carbocycles. The molecule has 1 aromatic heterocycles. The highest BCUT2D eigenvalue weighted by molar-refractivity contribution is 5.99. The first-order valence-corrected chi connectivity index (χ1v) is 5.61. The molecule has 0 aliphatic rings. The molecule has 0 fully saturated rings. The monoisotopic (exact) mass is 221 g/mol. The van der Waals surface area contributed by atoms with E-state index < -0.39 is 0 Å². The van der Waals surface area contributed by atoms with Crippen LogP contribution in [0.3, 0.4) is 0 Å². The molecule has 1 heterocycles. The molecule has 2 N–H and O–H groups in total. The van der Waals surface area contributed by atoms with Crippen LogP contribution in [0.2, 0.25) is 0 Å². The lowest BCUT2D eigenvalue weighted by Crippen LogP contribution is -2.25. The Labute approximate surface area is 96.5 Å². The molecule has 16 heavy (non-hydrogen) atoms. The summed E-state index contributed by atoms with van der Waals surface area (Å²) in [7, 11) is 1.80. The Morgan fingerprint density at radius 1 is 1.50 bits per heavy atom. The predicted molar refractivity (Wildman–Crippen MR) is 65.8 cm³/mol. The lowest BCUT2D eigenvalue weighted by Gasteiger charge is -2.09. The number of aromatic nitrogens is 1. The molecular formula is C12H19N3O. The molecule has 0 saturated carbocycles. The van der Waals surface area contributed by atoms with Crippen molar-refractivity contribution in [3.63, 3.8) is 0 Å². The predicted octanol–water partition coefficient (Wildman–Crippen LogP) is 1.96. The highest BCUT2D eigenvalue weighted by atomic mass is 16.1. The van der Waals surface area contributed by atoms with Crippen LogP contribution in [0, 0.1) is 6.92 Å². The highest BCUT2D eigenvalue weighted by Crippen LogP contribution is 2.14. The molecule has 0 spiro atoms. The van der Waals surface area contributed by atoms with Crippen molar-refractivity contribution in [3.05, 3.63) is 23.5 Å². The lowest BCUT2D eigenvalue weighted by atomic mass is 10.2. The van der Waals surface area contributed by atoms with Gasteiger partial charge in [0.25, 0.3) is 5.91 Å². The molecule has 0 radical (unpaired) electrons. The van der Waals surface area contributed by atoms with Gasteiger partial charge in [-0.2, -0.15) is 0 Å². The number of nitrogens with one attached hydrogen (secondary N) is 2. The second-order valence-electron chi connectivity index (χ2n) is 3.73. The van der Waals surface area contributed by atoms with Gasteiger partial charge in [0.1, 0.15) is 0 Å². The third kappa shape index (κ3) is 3.22. The number of hydrogen-bond donors (Lipinski definition) is 2. The van der Waals surface area contributed by atoms with Gasteiger partial charge in [-0.25, -0.2) is 0 Å². The third-order valence-corrected chi connectivity index (χ3v) is 2.37. The van der Waals surface area contributed by atoms with Crippen LogP contribution in [0.15, 0.2) is 12.3 Å². The van der Waals surface area contributed by atoms with Crippen LogP contribution in [0.1, 0.15) is 35.8 Å². The zero-order chi connectivity index (χ0) is 12.0. The maximum Gasteiger partial charge on any atom is 0.254 e. The molecule has 0 bridgehead atoms. The Bertz CT molecular complexity index is 363. The first-order chi connectivity index (χ1) is 7.69. The van der Waals surface area contributed by atoms with Crippen molar-refractivity contribution in [1.82, 2.24) is 10.3 Å². The van der Waals surface area contributed by atoms with Gasteiger partial charge in [-0.1, -0.05) is 13.3 Å². The Kier molecular flexibility index (Phi) is 4.76. The number of anilines is 1. The van der Waals surface area contributed by atoms with E-state index in [0.29, 0.717) is 12.1 Å². The molecule has 0 unspecified atom stereocenters. The summed E-state index contributed by atoms with van der Waals surface area (Å²) in [5, 5.41) is 5.88. The van der Waals surface area contributed by atoms with Gasteiger partial charge in [0, 0.05) is 25.5 Å². The zero-order valence-corrected chi connectivity index (χ0v) is 10.1. The molecule has 0 aliphatic heterocycles. The van der Waals surface area contributed by atoms with E-state index in [2.05, 4.69) is 22.5 Å². The topological polar surface area (TPSA) is 54.0 Å². The fraction of sp³-hybridized carbons (Fsp3) is 0.500. The number of carbonyl (C=O) groups excluding carboxylic acids is 1. The maximum atomic E-state index is 11.8. The van der Waals surface area contributed by atoms with E-state index in [4.69, 9.17) is 0 Å². The van der Waals surface area contributed by atoms with Crippen molar-refractivity contribution in [3.8, 4) is 0 Å². The molecule has 0 aliphatic carbocycles. The zero-order valence-electron chi connectivity index (χ0n) is 10.1. The maximum absolute atomic E-state index is 11.8. The quantitative estimate of drug-likeness (QED) is 0.747. The van der Waals surface area contributed by atoms with Crippen molar-refractivity contribution in [1.29, 1.82) is 0 Å². The number of aryl methyl sites for hydroxylation is 1. The molecule has 4 nitrogen and oxygen atoms in total. The summed E-state index contributed by atoms with van der Waals surface area (Å²) in [6.45, 7) is 4.71. The molecular weight excluding hydrogens is 202 g/mol. The van der Waals surface area contributed by atoms with Crippen molar-refractivity contribution in [2.45, 2.75) is 26.7 Å². The first kappa shape index (κ1) is 12.5. The van der Waals surface area contributed by atoms with Crippen LogP contribution in [0.4, 0.5) is 5.69 Å². The molecule has 1 amide bonds. The van der Waals surface area contributed by atoms with Gasteiger partial charge in [-0.3, -0.25) is 9.78 Å². The number of amides is 1. The minimum atomic E-state index is -0.0645. The number of nitrogens with zero attached hydrogens (tertiary/aromatic N) is 1. The Morgan fingerprint density at radius 3 is 2.88 bits per heavy atom. The van der Waals surface area contributed by atoms with Gasteiger partial charge in [-0.05, 0) is 19.4 Å². The summed E-state index contributed by atoms with van der Waals surface area (Å²) < 4.78 is 0. The minimum Gasteiger partial charge on any atom is -0.387 e. The number of hydrogen-bond acceptors (Lipinski definition) is 3. The second-order valence-corrected chi connectivity index (χ2v) is 3.73. The van der Waals surface area contributed by atoms with E-state index in [-0.39, 0.29) is 5.91 Å². The Balaban J connectivity index is 2.74. The standard InChI is InChI=1S/C12H19N3O/c1-4-5-6-14-12(16)10-8-15-9(2)7-11(10)13-3/h7-8H,4-6H2,1-3H3,(H,13,15)(H,14,16). The molecule has 88 valence electrons. The summed E-state index contributed by atoms with van der Waals surface area (Å²) in [5.41, 5.74) is 2.32. The largest absolute Gasteiger partial charge is 0.387 e. The van der Waals surface area contributed by atoms with Crippen LogP contribution in [0.25, 0.3) is 0 Å². The summed E-state index contributed by atoms with van der Waals surface area (Å²) in [4.78, 5) is 16.0. The van der Waals surface area contributed by atoms with E-state index in [1.165, 1.54) is 0 Å². The summed E-state index contributed by atoms with van der Waals surface area (Å²) in [6, 6.07) is 1.87. The van der Waals surface area contributed by atoms with E-state index in [1.807, 2.05) is 13.0 Å². The van der Waals surface area contributed by atoms with Gasteiger partial charge in [-0.15, -0.1) is 0 Å². The Morgan fingerprint density at radius 2 is 2.25 bits per heavy atom. The molecule has 1 rings (SSSR count). The fourth-order valence-corrected chi connectivity index (χ4v) is 1.42. The van der Waals surface area contributed by atoms with Crippen LogP contribution in [0.5, 0.6) is 0 Å². The van der Waals surface area contributed by atoms with E-state index in [9.17, 15) is 4.79 Å². The number of carbonyl (C=O) groups is 1. The second kappa shape index (κ2) is 6.10. The normalized spacial score (nSPS) is 9.94. The van der Waals surface area contributed by atoms with Gasteiger partial charge >= 0.3 is 0 Å². The third-order valence-electron chi connectivity index (χ3n) is 2.37. The SMILES string of the molecule is CCCCNC(=O)c1cnc(C)cc1NC. The fourth-order valence-electron chi connectivity index (χ4n) is 1.42. The number of pyridine rings is 1. The molecule has 0 saturated heterocycles. The van der Waals surface area contributed by atoms with Crippen molar-refractivity contribution >= 4 is 11.6 Å². The molecule has 1 aromatic rings. The number of rotatable bonds is 5. The summed E-state index contributed by atoms with van der Waals surface area (Å²) in [5.74, 6) is -0.0645. The van der Waals surface area contributed by atoms with Gasteiger partial charge in [0.15, 0.2) is 0 Å². The van der Waals surface area contributed by atoms with E-state index in [1.54, 1.807) is 13.2 Å². The molecule has 0 atom stereocenters. The van der Waals surface area contributed by atoms with Crippen LogP contribution in [-0.2, 0) is 0 Å². The van der Waals surface area contributed by atoms with Crippen molar-refractivity contribution in [2.24, 2.45) is 0 Å². The number of unbranched alkanes of at least 4 members (excludes halogenated alkanes) is 1. The van der Waals surface area contributed by atoms with Crippen LogP contribution < -0.4 is 10.6 Å². The van der Waals surface area contributed by atoms with Crippen LogP contribution in [-0.4, -0.2) is 24.5 Å². The lowest BCUT2D eigenvalue weighted by molar-refractivity contribution is 0.0953. The van der Waals surface area contributed by atoms with E-state index in [0.717, 1.165) is 24.2 Å². The Hall–Kier alpha value is -1.58. The van der Waals surface area contributed by atoms with Crippen molar-refractivity contribution < 1.29 is 4.79 Å². The average molecular weight is 221 g/mol. The summed E-state index contributed by atoms with van der Waals surface area (Å²) in [6.07, 6.45) is 3.69. The van der Waals surface area contributed by atoms with Crippen molar-refractivity contribution in [2.75, 3.05) is 18.9 Å². The van der Waals surface area contributed by atoms with Gasteiger partial charge in [0.2, 0.25) is 0 Å². The van der Waals surface area contributed by atoms with E-state index >= 15 is 0 Å². The minimum absolute atomic E-state index is 0.0645.